The van der Waals surface area contributed by atoms with Gasteiger partial charge < -0.3 is 18.8 Å². The van der Waals surface area contributed by atoms with E-state index in [0.29, 0.717) is 0 Å². The third-order valence-electron chi connectivity index (χ3n) is 11.2. The topological polar surface area (TPSA) is 0 Å². The molecule has 0 aromatic heterocycles. The fourth-order valence-corrected chi connectivity index (χ4v) is 19.0. The van der Waals surface area contributed by atoms with Gasteiger partial charge in [0.2, 0.25) is 0 Å². The van der Waals surface area contributed by atoms with E-state index in [9.17, 15) is 0 Å². The van der Waals surface area contributed by atoms with Gasteiger partial charge in [0.25, 0.3) is 0 Å². The van der Waals surface area contributed by atoms with Crippen molar-refractivity contribution in [3.63, 3.8) is 0 Å². The maximum absolute atomic E-state index is 6.94. The number of hydrogen-bond acceptors (Lipinski definition) is 0. The molecule has 400 valence electrons. The van der Waals surface area contributed by atoms with Gasteiger partial charge in [-0.2, -0.15) is 0 Å². The first kappa shape index (κ1) is 68.4. The molecule has 0 saturated carbocycles. The van der Waals surface area contributed by atoms with E-state index in [-0.39, 0.29) is 74.2 Å². The van der Waals surface area contributed by atoms with Crippen LogP contribution in [0.15, 0.2) is 267 Å². The standard InChI is InChI=1S/2C26H24P2.C13H13Si.2CH2Cl2.ClH.Ru/c2*1-5-13-23(14-6-1)27(24-15-7-2-8-16-24)21-22-28(25-17-9-3-10-18-25)26-19-11-4-12-20-26;1-5-12-6-8-13(9-7-12)10-11-14(2,3)4;2*2-1-3;;/h2*1-20H,21-22H2;6-9H,2-4H3;2*1H2;1H;/q;;-1;;;;+2/p-1. The van der Waals surface area contributed by atoms with Gasteiger partial charge in [0, 0.05) is 5.56 Å². The van der Waals surface area contributed by atoms with Crippen LogP contribution in [-0.4, -0.2) is 43.4 Å². The van der Waals surface area contributed by atoms with E-state index in [2.05, 4.69) is 280 Å². The summed E-state index contributed by atoms with van der Waals surface area (Å²) in [5, 5.41) is 12.2. The molecule has 0 aliphatic carbocycles. The normalized spacial score (nSPS) is 10.2. The molecule has 0 radical (unpaired) electrons. The molecule has 0 bridgehead atoms. The van der Waals surface area contributed by atoms with Crippen molar-refractivity contribution >= 4 is 129 Å². The third kappa shape index (κ3) is 25.3. The van der Waals surface area contributed by atoms with E-state index < -0.39 is 8.07 Å². The zero-order valence-electron chi connectivity index (χ0n) is 44.2. The largest absolute Gasteiger partial charge is 2.00 e. The minimum absolute atomic E-state index is 0. The zero-order valence-corrected chi connectivity index (χ0v) is 54.3. The van der Waals surface area contributed by atoms with Gasteiger partial charge in [-0.3, -0.25) is 5.92 Å². The first-order chi connectivity index (χ1) is 37.2. The molecule has 0 saturated heterocycles. The van der Waals surface area contributed by atoms with Crippen LogP contribution in [0.2, 0.25) is 19.6 Å². The smallest absolute Gasteiger partial charge is 1.00 e. The van der Waals surface area contributed by atoms with Crippen LogP contribution in [0.4, 0.5) is 0 Å². The Labute approximate surface area is 512 Å². The number of halogens is 5. The van der Waals surface area contributed by atoms with Gasteiger partial charge >= 0.3 is 19.5 Å². The number of alkyl halides is 4. The van der Waals surface area contributed by atoms with Crippen molar-refractivity contribution in [3.05, 3.63) is 284 Å². The summed E-state index contributed by atoms with van der Waals surface area (Å²) in [6.07, 6.45) is 11.8. The first-order valence-corrected chi connectivity index (χ1v) is 36.7. The van der Waals surface area contributed by atoms with E-state index in [0.717, 1.165) is 11.1 Å². The first-order valence-electron chi connectivity index (χ1n) is 25.0. The van der Waals surface area contributed by atoms with Crippen molar-refractivity contribution in [2.45, 2.75) is 19.6 Å². The summed E-state index contributed by atoms with van der Waals surface area (Å²) in [5.74, 6) is 5.50. The third-order valence-corrected chi connectivity index (χ3v) is 22.9. The summed E-state index contributed by atoms with van der Waals surface area (Å²) in [6, 6.07) is 96.0. The molecule has 9 aromatic rings. The van der Waals surface area contributed by atoms with Crippen molar-refractivity contribution in [1.29, 1.82) is 0 Å². The molecule has 0 heterocycles. The summed E-state index contributed by atoms with van der Waals surface area (Å²) >= 11 is 19.1. The predicted octanol–water partition coefficient (Wildman–Crippen LogP) is 13.2. The van der Waals surface area contributed by atoms with Gasteiger partial charge in [-0.25, -0.2) is 0 Å². The van der Waals surface area contributed by atoms with Crippen LogP contribution in [0.5, 0.6) is 0 Å². The Balaban J connectivity index is 0.000000302. The second kappa shape index (κ2) is 40.3. The van der Waals surface area contributed by atoms with Crippen molar-refractivity contribution in [1.82, 2.24) is 0 Å². The van der Waals surface area contributed by atoms with Crippen molar-refractivity contribution in [3.8, 4) is 17.4 Å². The van der Waals surface area contributed by atoms with Gasteiger partial charge in [0.05, 0.1) is 10.7 Å². The van der Waals surface area contributed by atoms with Crippen LogP contribution >= 0.6 is 78.1 Å². The Bertz CT molecular complexity index is 2530. The van der Waals surface area contributed by atoms with E-state index in [4.69, 9.17) is 52.8 Å². The average Bonchev–Trinajstić information content (AvgIpc) is 3.47. The summed E-state index contributed by atoms with van der Waals surface area (Å²) in [4.78, 5) is 0. The van der Waals surface area contributed by atoms with Crippen molar-refractivity contribution in [2.24, 2.45) is 0 Å². The van der Waals surface area contributed by atoms with Crippen LogP contribution in [0.25, 0.3) is 0 Å². The molecule has 11 heteroatoms. The van der Waals surface area contributed by atoms with E-state index in [1.807, 2.05) is 24.3 Å². The number of rotatable bonds is 14. The second-order valence-corrected chi connectivity index (χ2v) is 33.4. The minimum atomic E-state index is -1.28. The molecular weight excluding hydrogens is 1240 g/mol. The quantitative estimate of drug-likeness (QED) is 0.0335. The summed E-state index contributed by atoms with van der Waals surface area (Å²) < 4.78 is 0. The second-order valence-electron chi connectivity index (χ2n) is 17.7. The summed E-state index contributed by atoms with van der Waals surface area (Å²) in [7, 11) is -2.67. The summed E-state index contributed by atoms with van der Waals surface area (Å²) in [5.41, 5.74) is 5.11. The number of benzene rings is 9. The molecule has 9 rings (SSSR count). The fourth-order valence-electron chi connectivity index (χ4n) is 7.79. The van der Waals surface area contributed by atoms with E-state index >= 15 is 0 Å². The van der Waals surface area contributed by atoms with Gasteiger partial charge in [0.15, 0.2) is 0 Å². The Morgan fingerprint density at radius 2 is 0.487 bits per heavy atom. The van der Waals surface area contributed by atoms with Gasteiger partial charge in [-0.15, -0.1) is 69.6 Å². The fraction of sp³-hybridized carbons (Fsp3) is 0.134. The van der Waals surface area contributed by atoms with E-state index in [1.165, 1.54) is 67.1 Å². The van der Waals surface area contributed by atoms with Crippen molar-refractivity contribution in [2.75, 3.05) is 35.3 Å². The molecule has 0 nitrogen and oxygen atoms in total. The predicted molar refractivity (Wildman–Crippen MR) is 352 cm³/mol. The van der Waals surface area contributed by atoms with Crippen LogP contribution in [0.3, 0.4) is 0 Å². The average molecular weight is 1300 g/mol. The molecule has 0 fully saturated rings. The molecule has 0 aliphatic rings. The molecule has 0 spiro atoms. The molecule has 0 amide bonds. The zero-order chi connectivity index (χ0) is 54.1. The van der Waals surface area contributed by atoms with Crippen LogP contribution in [-0.2, 0) is 19.5 Å². The van der Waals surface area contributed by atoms with Crippen molar-refractivity contribution < 1.29 is 31.9 Å². The van der Waals surface area contributed by atoms with Crippen LogP contribution in [0, 0.1) is 23.8 Å². The Morgan fingerprint density at radius 1 is 0.321 bits per heavy atom. The molecular formula is C67H65Cl5P4RuSi. The number of hydrogen-bond donors (Lipinski definition) is 0. The Hall–Kier alpha value is -3.89. The maximum atomic E-state index is 6.94. The van der Waals surface area contributed by atoms with Gasteiger partial charge in [-0.1, -0.05) is 280 Å². The van der Waals surface area contributed by atoms with Crippen LogP contribution < -0.4 is 54.8 Å². The minimum Gasteiger partial charge on any atom is -1.00 e. The maximum Gasteiger partial charge on any atom is 2.00 e. The molecule has 0 atom stereocenters. The Morgan fingerprint density at radius 3 is 0.641 bits per heavy atom. The van der Waals surface area contributed by atoms with Gasteiger partial charge in [-0.05, 0) is 98.8 Å². The Kier molecular flexibility index (Phi) is 35.3. The molecule has 9 aromatic carbocycles. The molecule has 0 aliphatic heterocycles. The molecule has 0 unspecified atom stereocenters. The molecule has 0 N–H and O–H groups in total. The van der Waals surface area contributed by atoms with Crippen LogP contribution in [0.1, 0.15) is 11.1 Å². The SMILES string of the molecule is ClCCl.ClCCl.[C-]#Cc1ccc(C#C[Si](C)(C)C)cc1.[Cl-].[Ru+2].c1ccc(P(CCP(c2ccccc2)c2ccccc2)c2ccccc2)cc1.c1ccc(P(CCP(c2ccccc2)c2ccccc2)c2ccccc2)cc1. The van der Waals surface area contributed by atoms with Gasteiger partial charge in [0.1, 0.15) is 8.07 Å². The monoisotopic (exact) mass is 1300 g/mol. The summed E-state index contributed by atoms with van der Waals surface area (Å²) in [6.45, 7) is 6.67. The van der Waals surface area contributed by atoms with E-state index in [1.54, 1.807) is 0 Å². The molecule has 78 heavy (non-hydrogen) atoms.